The number of piperidine rings is 1. The van der Waals surface area contributed by atoms with Crippen molar-refractivity contribution in [2.45, 2.75) is 44.4 Å². The van der Waals surface area contributed by atoms with Gasteiger partial charge in [0.2, 0.25) is 5.91 Å². The second-order valence-electron chi connectivity index (χ2n) is 6.79. The quantitative estimate of drug-likeness (QED) is 0.855. The summed E-state index contributed by atoms with van der Waals surface area (Å²) in [5.41, 5.74) is 1.18. The van der Waals surface area contributed by atoms with Gasteiger partial charge in [0.25, 0.3) is 0 Å². The van der Waals surface area contributed by atoms with Gasteiger partial charge in [0.1, 0.15) is 0 Å². The van der Waals surface area contributed by atoms with Crippen molar-refractivity contribution in [3.8, 4) is 0 Å². The molecule has 0 unspecified atom stereocenters. The molecular formula is C17H24N2O3. The molecule has 4 heterocycles. The summed E-state index contributed by atoms with van der Waals surface area (Å²) in [6, 6.07) is 2.47. The second-order valence-corrected chi connectivity index (χ2v) is 6.79. The first kappa shape index (κ1) is 14.3. The highest BCUT2D eigenvalue weighted by Crippen LogP contribution is 2.33. The standard InChI is InChI=1S/C17H24N2O3/c20-17(18-5-1-2-6-18)14-9-16-15(4-8-22-16)19(11-14)10-13-3-7-21-12-13/h3,7,12,14-16H,1-2,4-6,8-11H2/t14-,15+,16+/m0/s1. The third kappa shape index (κ3) is 2.68. The molecule has 3 atom stereocenters. The van der Waals surface area contributed by atoms with Crippen LogP contribution in [0.3, 0.4) is 0 Å². The van der Waals surface area contributed by atoms with Crippen LogP contribution in [0, 0.1) is 5.92 Å². The molecule has 22 heavy (non-hydrogen) atoms. The Morgan fingerprint density at radius 2 is 2.18 bits per heavy atom. The van der Waals surface area contributed by atoms with Crippen molar-refractivity contribution in [3.63, 3.8) is 0 Å². The van der Waals surface area contributed by atoms with E-state index in [1.807, 2.05) is 6.07 Å². The van der Waals surface area contributed by atoms with Crippen LogP contribution >= 0.6 is 0 Å². The molecule has 0 aliphatic carbocycles. The number of rotatable bonds is 3. The van der Waals surface area contributed by atoms with E-state index in [-0.39, 0.29) is 12.0 Å². The predicted octanol–water partition coefficient (Wildman–Crippen LogP) is 1.88. The zero-order valence-electron chi connectivity index (χ0n) is 12.9. The highest BCUT2D eigenvalue weighted by Gasteiger charge is 2.43. The summed E-state index contributed by atoms with van der Waals surface area (Å²) >= 11 is 0. The smallest absolute Gasteiger partial charge is 0.227 e. The fourth-order valence-electron chi connectivity index (χ4n) is 4.23. The molecule has 3 aliphatic rings. The van der Waals surface area contributed by atoms with Gasteiger partial charge in [-0.3, -0.25) is 9.69 Å². The summed E-state index contributed by atoms with van der Waals surface area (Å²) in [7, 11) is 0. The molecule has 3 saturated heterocycles. The normalized spacial score (nSPS) is 32.4. The Hall–Kier alpha value is -1.33. The first-order valence-corrected chi connectivity index (χ1v) is 8.47. The van der Waals surface area contributed by atoms with Gasteiger partial charge in [-0.15, -0.1) is 0 Å². The molecule has 0 N–H and O–H groups in total. The van der Waals surface area contributed by atoms with Crippen LogP contribution in [-0.2, 0) is 16.1 Å². The average molecular weight is 304 g/mol. The molecule has 1 aromatic rings. The minimum absolute atomic E-state index is 0.0874. The average Bonchev–Trinajstić information content (AvgIpc) is 3.27. The highest BCUT2D eigenvalue weighted by molar-refractivity contribution is 5.79. The minimum Gasteiger partial charge on any atom is -0.472 e. The lowest BCUT2D eigenvalue weighted by molar-refractivity contribution is -0.139. The van der Waals surface area contributed by atoms with E-state index in [2.05, 4.69) is 9.80 Å². The monoisotopic (exact) mass is 304 g/mol. The summed E-state index contributed by atoms with van der Waals surface area (Å²) < 4.78 is 11.1. The molecule has 4 rings (SSSR count). The molecule has 3 fully saturated rings. The SMILES string of the molecule is O=C([C@H]1C[C@H]2OCC[C@H]2N(Cc2ccoc2)C1)N1CCCC1. The van der Waals surface area contributed by atoms with Crippen molar-refractivity contribution in [2.75, 3.05) is 26.2 Å². The van der Waals surface area contributed by atoms with Gasteiger partial charge in [-0.1, -0.05) is 0 Å². The topological polar surface area (TPSA) is 45.9 Å². The summed E-state index contributed by atoms with van der Waals surface area (Å²) in [5.74, 6) is 0.424. The number of hydrogen-bond donors (Lipinski definition) is 0. The van der Waals surface area contributed by atoms with Crippen LogP contribution in [0.15, 0.2) is 23.0 Å². The second kappa shape index (κ2) is 6.05. The molecule has 0 saturated carbocycles. The number of hydrogen-bond acceptors (Lipinski definition) is 4. The Morgan fingerprint density at radius 3 is 2.95 bits per heavy atom. The Kier molecular flexibility index (Phi) is 3.92. The van der Waals surface area contributed by atoms with Crippen LogP contribution in [-0.4, -0.2) is 54.1 Å². The molecule has 120 valence electrons. The lowest BCUT2D eigenvalue weighted by Crippen LogP contribution is -2.52. The van der Waals surface area contributed by atoms with Gasteiger partial charge in [-0.2, -0.15) is 0 Å². The number of nitrogens with zero attached hydrogens (tertiary/aromatic N) is 2. The third-order valence-corrected chi connectivity index (χ3v) is 5.35. The maximum Gasteiger partial charge on any atom is 0.227 e. The Labute approximate surface area is 131 Å². The molecular weight excluding hydrogens is 280 g/mol. The number of carbonyl (C=O) groups is 1. The lowest BCUT2D eigenvalue weighted by Gasteiger charge is -2.41. The van der Waals surface area contributed by atoms with Gasteiger partial charge >= 0.3 is 0 Å². The van der Waals surface area contributed by atoms with Crippen LogP contribution in [0.25, 0.3) is 0 Å². The van der Waals surface area contributed by atoms with Crippen LogP contribution in [0.1, 0.15) is 31.2 Å². The summed E-state index contributed by atoms with van der Waals surface area (Å²) in [4.78, 5) is 17.2. The Morgan fingerprint density at radius 1 is 1.32 bits per heavy atom. The maximum absolute atomic E-state index is 12.8. The van der Waals surface area contributed by atoms with E-state index in [4.69, 9.17) is 9.15 Å². The van der Waals surface area contributed by atoms with E-state index in [1.165, 1.54) is 5.56 Å². The molecule has 1 aromatic heterocycles. The van der Waals surface area contributed by atoms with Crippen molar-refractivity contribution in [1.82, 2.24) is 9.80 Å². The number of carbonyl (C=O) groups excluding carboxylic acids is 1. The molecule has 1 amide bonds. The van der Waals surface area contributed by atoms with E-state index in [0.717, 1.165) is 58.5 Å². The van der Waals surface area contributed by atoms with Crippen molar-refractivity contribution in [3.05, 3.63) is 24.2 Å². The van der Waals surface area contributed by atoms with Crippen LogP contribution < -0.4 is 0 Å². The maximum atomic E-state index is 12.8. The molecule has 5 nitrogen and oxygen atoms in total. The molecule has 5 heteroatoms. The van der Waals surface area contributed by atoms with Crippen LogP contribution in [0.5, 0.6) is 0 Å². The molecule has 0 bridgehead atoms. The molecule has 3 aliphatic heterocycles. The van der Waals surface area contributed by atoms with Crippen molar-refractivity contribution in [1.29, 1.82) is 0 Å². The molecule has 0 radical (unpaired) electrons. The number of amides is 1. The number of fused-ring (bicyclic) bond motifs is 1. The van der Waals surface area contributed by atoms with Gasteiger partial charge in [-0.25, -0.2) is 0 Å². The van der Waals surface area contributed by atoms with Gasteiger partial charge in [0.15, 0.2) is 0 Å². The summed E-state index contributed by atoms with van der Waals surface area (Å²) in [6.07, 6.45) is 8.01. The van der Waals surface area contributed by atoms with Gasteiger partial charge in [0.05, 0.1) is 24.5 Å². The fraction of sp³-hybridized carbons (Fsp3) is 0.706. The number of likely N-dealkylation sites (tertiary alicyclic amines) is 2. The van der Waals surface area contributed by atoms with E-state index >= 15 is 0 Å². The minimum atomic E-state index is 0.0874. The molecule has 0 aromatic carbocycles. The zero-order valence-corrected chi connectivity index (χ0v) is 12.9. The van der Waals surface area contributed by atoms with Gasteiger partial charge in [-0.05, 0) is 31.7 Å². The Bertz CT molecular complexity index is 510. The number of ether oxygens (including phenoxy) is 1. The summed E-state index contributed by atoms with van der Waals surface area (Å²) in [6.45, 7) is 4.40. The van der Waals surface area contributed by atoms with Crippen LogP contribution in [0.4, 0.5) is 0 Å². The fourth-order valence-corrected chi connectivity index (χ4v) is 4.23. The first-order valence-electron chi connectivity index (χ1n) is 8.47. The van der Waals surface area contributed by atoms with E-state index in [0.29, 0.717) is 11.9 Å². The largest absolute Gasteiger partial charge is 0.472 e. The lowest BCUT2D eigenvalue weighted by atomic mass is 9.89. The van der Waals surface area contributed by atoms with Crippen molar-refractivity contribution in [2.24, 2.45) is 5.92 Å². The van der Waals surface area contributed by atoms with E-state index in [1.54, 1.807) is 12.5 Å². The zero-order chi connectivity index (χ0) is 14.9. The van der Waals surface area contributed by atoms with E-state index < -0.39 is 0 Å². The first-order chi connectivity index (χ1) is 10.8. The third-order valence-electron chi connectivity index (χ3n) is 5.35. The van der Waals surface area contributed by atoms with Crippen molar-refractivity contribution < 1.29 is 13.9 Å². The Balaban J connectivity index is 1.48. The van der Waals surface area contributed by atoms with Gasteiger partial charge in [0, 0.05) is 44.4 Å². The predicted molar refractivity (Wildman–Crippen MR) is 81.2 cm³/mol. The van der Waals surface area contributed by atoms with Crippen LogP contribution in [0.2, 0.25) is 0 Å². The highest BCUT2D eigenvalue weighted by atomic mass is 16.5. The number of furan rings is 1. The van der Waals surface area contributed by atoms with Gasteiger partial charge < -0.3 is 14.1 Å². The van der Waals surface area contributed by atoms with E-state index in [9.17, 15) is 4.79 Å². The summed E-state index contributed by atoms with van der Waals surface area (Å²) in [5, 5.41) is 0. The van der Waals surface area contributed by atoms with Crippen molar-refractivity contribution >= 4 is 5.91 Å². The molecule has 0 spiro atoms.